The van der Waals surface area contributed by atoms with Crippen LogP contribution in [0.25, 0.3) is 22.4 Å². The van der Waals surface area contributed by atoms with Crippen LogP contribution in [-0.2, 0) is 19.8 Å². The summed E-state index contributed by atoms with van der Waals surface area (Å²) in [4.78, 5) is 0. The zero-order valence-corrected chi connectivity index (χ0v) is 17.7. The molecule has 0 unspecified atom stereocenters. The molecular weight excluding hydrogens is 350 g/mol. The van der Waals surface area contributed by atoms with Crippen molar-refractivity contribution >= 4 is 0 Å². The Bertz CT molecular complexity index is 1130. The molecule has 0 bridgehead atoms. The zero-order valence-electron chi connectivity index (χ0n) is 19.7. The van der Waals surface area contributed by atoms with E-state index in [0.29, 0.717) is 6.42 Å². The standard InChI is InChI=1S/C28H32N/c1-21-8-4-5-9-26(21)27-19-24(13-17-29(27)2)22-10-11-25-20-28(14-6-3-7-15-28)16-12-23(25)18-22/h4-5,8-11,13,17-19H,3,6-7,12,14-16,20H2,1-2H3/q+1/i12D2. The minimum atomic E-state index is -1.25. The second kappa shape index (κ2) is 7.44. The minimum absolute atomic E-state index is 0.175. The smallest absolute Gasteiger partial charge is 0.201 e. The summed E-state index contributed by atoms with van der Waals surface area (Å²) in [5, 5.41) is 0. The molecule has 5 rings (SSSR count). The first-order valence-electron chi connectivity index (χ1n) is 12.1. The number of hydrogen-bond acceptors (Lipinski definition) is 0. The third-order valence-electron chi connectivity index (χ3n) is 7.15. The molecule has 1 heteroatoms. The summed E-state index contributed by atoms with van der Waals surface area (Å²) in [5.41, 5.74) is 8.24. The first-order valence-corrected chi connectivity index (χ1v) is 11.1. The summed E-state index contributed by atoms with van der Waals surface area (Å²) in [6, 6.07) is 19.4. The van der Waals surface area contributed by atoms with Gasteiger partial charge in [-0.05, 0) is 78.3 Å². The molecule has 1 aromatic heterocycles. The molecule has 1 spiro atoms. The van der Waals surface area contributed by atoms with Crippen LogP contribution in [0, 0.1) is 12.3 Å². The summed E-state index contributed by atoms with van der Waals surface area (Å²) in [5.74, 6) is 0. The van der Waals surface area contributed by atoms with Crippen LogP contribution in [0.4, 0.5) is 0 Å². The Hall–Kier alpha value is -2.41. The fourth-order valence-corrected chi connectivity index (χ4v) is 5.36. The minimum Gasteiger partial charge on any atom is -0.201 e. The number of benzene rings is 2. The maximum absolute atomic E-state index is 8.93. The summed E-state index contributed by atoms with van der Waals surface area (Å²) >= 11 is 0. The van der Waals surface area contributed by atoms with Crippen LogP contribution in [0.2, 0.25) is 0 Å². The van der Waals surface area contributed by atoms with Gasteiger partial charge in [-0.15, -0.1) is 0 Å². The lowest BCUT2D eigenvalue weighted by molar-refractivity contribution is -0.660. The van der Waals surface area contributed by atoms with Gasteiger partial charge in [-0.1, -0.05) is 55.7 Å². The van der Waals surface area contributed by atoms with Crippen LogP contribution >= 0.6 is 0 Å². The highest BCUT2D eigenvalue weighted by Gasteiger charge is 2.35. The number of aromatic nitrogens is 1. The zero-order chi connectivity index (χ0) is 21.6. The number of aryl methyl sites for hydroxylation is 3. The summed E-state index contributed by atoms with van der Waals surface area (Å²) in [6.45, 7) is 2.15. The van der Waals surface area contributed by atoms with Crippen molar-refractivity contribution in [3.63, 3.8) is 0 Å². The maximum Gasteiger partial charge on any atom is 0.213 e. The van der Waals surface area contributed by atoms with Crippen molar-refractivity contribution in [2.75, 3.05) is 0 Å². The Morgan fingerprint density at radius 3 is 2.48 bits per heavy atom. The van der Waals surface area contributed by atoms with Crippen molar-refractivity contribution < 1.29 is 7.31 Å². The van der Waals surface area contributed by atoms with Crippen LogP contribution in [0.15, 0.2) is 60.8 Å². The molecule has 1 saturated carbocycles. The van der Waals surface area contributed by atoms with Crippen LogP contribution < -0.4 is 4.57 Å². The van der Waals surface area contributed by atoms with Crippen molar-refractivity contribution in [3.8, 4) is 22.4 Å². The van der Waals surface area contributed by atoms with Crippen LogP contribution in [0.3, 0.4) is 0 Å². The Balaban J connectivity index is 1.55. The van der Waals surface area contributed by atoms with E-state index in [1.54, 1.807) is 0 Å². The Morgan fingerprint density at radius 1 is 0.862 bits per heavy atom. The van der Waals surface area contributed by atoms with Crippen LogP contribution in [-0.4, -0.2) is 0 Å². The van der Waals surface area contributed by atoms with Gasteiger partial charge in [-0.2, -0.15) is 0 Å². The van der Waals surface area contributed by atoms with Gasteiger partial charge in [0.1, 0.15) is 7.05 Å². The second-order valence-corrected chi connectivity index (χ2v) is 9.19. The fraction of sp³-hybridized carbons (Fsp3) is 0.393. The molecule has 3 aromatic rings. The van der Waals surface area contributed by atoms with E-state index in [1.165, 1.54) is 54.5 Å². The molecule has 1 nitrogen and oxygen atoms in total. The molecular formula is C28H32N+. The van der Waals surface area contributed by atoms with E-state index in [2.05, 4.69) is 79.3 Å². The number of hydrogen-bond donors (Lipinski definition) is 0. The van der Waals surface area contributed by atoms with Crippen molar-refractivity contribution in [1.82, 2.24) is 0 Å². The van der Waals surface area contributed by atoms with Crippen molar-refractivity contribution in [2.45, 2.75) is 58.2 Å². The molecule has 2 aliphatic carbocycles. The van der Waals surface area contributed by atoms with Gasteiger partial charge in [-0.3, -0.25) is 0 Å². The fourth-order valence-electron chi connectivity index (χ4n) is 5.36. The third-order valence-corrected chi connectivity index (χ3v) is 7.15. The highest BCUT2D eigenvalue weighted by atomic mass is 14.9. The normalized spacial score (nSPS) is 20.6. The highest BCUT2D eigenvalue weighted by Crippen LogP contribution is 2.46. The summed E-state index contributed by atoms with van der Waals surface area (Å²) in [6.07, 6.45) is 8.77. The van der Waals surface area contributed by atoms with Gasteiger partial charge in [-0.25, -0.2) is 4.57 Å². The molecule has 29 heavy (non-hydrogen) atoms. The SMILES string of the molecule is [2H]C1([2H])CC2(CCCCC2)Cc2ccc(-c3cc[n+](C)c(-c4ccccc4C)c3)cc21. The number of fused-ring (bicyclic) bond motifs is 1. The molecule has 0 N–H and O–H groups in total. The van der Waals surface area contributed by atoms with Crippen LogP contribution in [0.5, 0.6) is 0 Å². The van der Waals surface area contributed by atoms with Crippen molar-refractivity contribution in [2.24, 2.45) is 12.5 Å². The van der Waals surface area contributed by atoms with Gasteiger partial charge in [0, 0.05) is 20.4 Å². The molecule has 0 amide bonds. The Kier molecular flexibility index (Phi) is 4.21. The lowest BCUT2D eigenvalue weighted by Gasteiger charge is -2.41. The second-order valence-electron chi connectivity index (χ2n) is 9.19. The Morgan fingerprint density at radius 2 is 1.66 bits per heavy atom. The molecule has 0 radical (unpaired) electrons. The van der Waals surface area contributed by atoms with E-state index in [9.17, 15) is 0 Å². The van der Waals surface area contributed by atoms with Crippen molar-refractivity contribution in [1.29, 1.82) is 0 Å². The molecule has 1 fully saturated rings. The molecule has 1 heterocycles. The van der Waals surface area contributed by atoms with Gasteiger partial charge in [0.05, 0.1) is 0 Å². The van der Waals surface area contributed by atoms with E-state index in [4.69, 9.17) is 2.74 Å². The largest absolute Gasteiger partial charge is 0.213 e. The van der Waals surface area contributed by atoms with Gasteiger partial charge >= 0.3 is 0 Å². The number of rotatable bonds is 2. The van der Waals surface area contributed by atoms with Crippen LogP contribution in [0.1, 0.15) is 58.0 Å². The highest BCUT2D eigenvalue weighted by molar-refractivity contribution is 5.71. The quantitative estimate of drug-likeness (QED) is 0.439. The molecule has 0 saturated heterocycles. The lowest BCUT2D eigenvalue weighted by Crippen LogP contribution is -2.31. The van der Waals surface area contributed by atoms with E-state index in [-0.39, 0.29) is 5.41 Å². The topological polar surface area (TPSA) is 3.88 Å². The van der Waals surface area contributed by atoms with Gasteiger partial charge in [0.25, 0.3) is 0 Å². The van der Waals surface area contributed by atoms with Gasteiger partial charge in [0.2, 0.25) is 5.69 Å². The molecule has 0 aliphatic heterocycles. The van der Waals surface area contributed by atoms with E-state index < -0.39 is 6.37 Å². The molecule has 2 aromatic carbocycles. The predicted molar refractivity (Wildman–Crippen MR) is 121 cm³/mol. The van der Waals surface area contributed by atoms with Gasteiger partial charge in [0.15, 0.2) is 6.20 Å². The van der Waals surface area contributed by atoms with E-state index >= 15 is 0 Å². The number of pyridine rings is 1. The average molecular weight is 385 g/mol. The number of nitrogens with zero attached hydrogens (tertiary/aromatic N) is 1. The van der Waals surface area contributed by atoms with Crippen molar-refractivity contribution in [3.05, 3.63) is 77.5 Å². The first-order chi connectivity index (χ1) is 14.9. The lowest BCUT2D eigenvalue weighted by atomic mass is 9.64. The molecule has 148 valence electrons. The van der Waals surface area contributed by atoms with Gasteiger partial charge < -0.3 is 0 Å². The maximum atomic E-state index is 8.93. The average Bonchev–Trinajstić information content (AvgIpc) is 2.75. The molecule has 2 aliphatic rings. The molecule has 0 atom stereocenters. The third kappa shape index (κ3) is 3.52. The summed E-state index contributed by atoms with van der Waals surface area (Å²) < 4.78 is 20.0. The monoisotopic (exact) mass is 384 g/mol. The summed E-state index contributed by atoms with van der Waals surface area (Å²) in [7, 11) is 2.08. The Labute approximate surface area is 178 Å². The first kappa shape index (κ1) is 16.4. The van der Waals surface area contributed by atoms with E-state index in [0.717, 1.165) is 23.1 Å². The van der Waals surface area contributed by atoms with E-state index in [1.807, 2.05) is 0 Å². The predicted octanol–water partition coefficient (Wildman–Crippen LogP) is 6.59.